The Balaban J connectivity index is 0.00000280. The SMILES string of the molecule is CN=C(NCC1(c2ccccc2)CCOCC1)N(C)CCC1CCOCC1.I. The second-order valence-electron chi connectivity index (χ2n) is 7.93. The van der Waals surface area contributed by atoms with Crippen molar-refractivity contribution in [1.29, 1.82) is 0 Å². The molecule has 2 aliphatic heterocycles. The molecule has 0 saturated carbocycles. The first-order chi connectivity index (χ1) is 13.2. The van der Waals surface area contributed by atoms with E-state index in [4.69, 9.17) is 9.47 Å². The Labute approximate surface area is 187 Å². The molecule has 0 unspecified atom stereocenters. The standard InChI is InChI=1S/C22H35N3O2.HI/c1-23-21(25(2)13-8-19-9-14-26-15-10-19)24-18-22(11-16-27-17-12-22)20-6-4-3-5-7-20;/h3-7,19H,8-18H2,1-2H3,(H,23,24);1H. The van der Waals surface area contributed by atoms with Gasteiger partial charge in [-0.05, 0) is 43.6 Å². The minimum absolute atomic E-state index is 0. The maximum atomic E-state index is 5.65. The van der Waals surface area contributed by atoms with E-state index in [1.165, 1.54) is 24.8 Å². The molecule has 5 nitrogen and oxygen atoms in total. The van der Waals surface area contributed by atoms with E-state index in [0.717, 1.165) is 64.2 Å². The lowest BCUT2D eigenvalue weighted by Gasteiger charge is -2.39. The number of nitrogens with zero attached hydrogens (tertiary/aromatic N) is 2. The van der Waals surface area contributed by atoms with Crippen LogP contribution in [0.3, 0.4) is 0 Å². The number of nitrogens with one attached hydrogen (secondary N) is 1. The van der Waals surface area contributed by atoms with E-state index < -0.39 is 0 Å². The lowest BCUT2D eigenvalue weighted by atomic mass is 9.74. The summed E-state index contributed by atoms with van der Waals surface area (Å²) in [6.07, 6.45) is 5.69. The monoisotopic (exact) mass is 501 g/mol. The normalized spacial score (nSPS) is 20.3. The number of hydrogen-bond acceptors (Lipinski definition) is 3. The first-order valence-electron chi connectivity index (χ1n) is 10.4. The number of aliphatic imine (C=N–C) groups is 1. The highest BCUT2D eigenvalue weighted by molar-refractivity contribution is 14.0. The van der Waals surface area contributed by atoms with Crippen LogP contribution in [-0.2, 0) is 14.9 Å². The molecule has 0 aliphatic carbocycles. The molecule has 0 spiro atoms. The highest BCUT2D eigenvalue weighted by Gasteiger charge is 2.34. The molecule has 3 rings (SSSR count). The average molecular weight is 501 g/mol. The minimum atomic E-state index is 0. The molecule has 0 aromatic heterocycles. The van der Waals surface area contributed by atoms with Gasteiger partial charge in [0.15, 0.2) is 5.96 Å². The van der Waals surface area contributed by atoms with Gasteiger partial charge in [-0.3, -0.25) is 4.99 Å². The van der Waals surface area contributed by atoms with Gasteiger partial charge in [0.2, 0.25) is 0 Å². The van der Waals surface area contributed by atoms with Crippen molar-refractivity contribution in [3.05, 3.63) is 35.9 Å². The average Bonchev–Trinajstić information content (AvgIpc) is 2.75. The van der Waals surface area contributed by atoms with Gasteiger partial charge in [0, 0.05) is 59.0 Å². The van der Waals surface area contributed by atoms with Crippen LogP contribution in [-0.4, -0.2) is 64.5 Å². The van der Waals surface area contributed by atoms with E-state index in [2.05, 4.69) is 52.6 Å². The minimum Gasteiger partial charge on any atom is -0.381 e. The molecule has 2 fully saturated rings. The molecule has 6 heteroatoms. The smallest absolute Gasteiger partial charge is 0.193 e. The van der Waals surface area contributed by atoms with E-state index in [1.807, 2.05) is 7.05 Å². The van der Waals surface area contributed by atoms with Gasteiger partial charge in [0.1, 0.15) is 0 Å². The fourth-order valence-electron chi connectivity index (χ4n) is 4.27. The van der Waals surface area contributed by atoms with Crippen LogP contribution in [0.15, 0.2) is 35.3 Å². The molecule has 1 aromatic rings. The second-order valence-corrected chi connectivity index (χ2v) is 7.93. The van der Waals surface area contributed by atoms with Crippen molar-refractivity contribution in [1.82, 2.24) is 10.2 Å². The van der Waals surface area contributed by atoms with Crippen LogP contribution in [0.4, 0.5) is 0 Å². The van der Waals surface area contributed by atoms with Crippen LogP contribution in [0.25, 0.3) is 0 Å². The zero-order chi connectivity index (χ0) is 19.0. The summed E-state index contributed by atoms with van der Waals surface area (Å²) in [6.45, 7) is 5.43. The molecule has 1 aromatic carbocycles. The Kier molecular flexibility index (Phi) is 10.0. The molecule has 0 bridgehead atoms. The molecule has 158 valence electrons. The predicted molar refractivity (Wildman–Crippen MR) is 126 cm³/mol. The molecule has 0 amide bonds. The summed E-state index contributed by atoms with van der Waals surface area (Å²) in [4.78, 5) is 6.81. The Morgan fingerprint density at radius 2 is 1.75 bits per heavy atom. The topological polar surface area (TPSA) is 46.1 Å². The van der Waals surface area contributed by atoms with Gasteiger partial charge in [-0.25, -0.2) is 0 Å². The van der Waals surface area contributed by atoms with Crippen molar-refractivity contribution in [3.8, 4) is 0 Å². The van der Waals surface area contributed by atoms with Crippen molar-refractivity contribution in [2.75, 3.05) is 53.6 Å². The third-order valence-electron chi connectivity index (χ3n) is 6.21. The van der Waals surface area contributed by atoms with Crippen molar-refractivity contribution in [2.45, 2.75) is 37.5 Å². The van der Waals surface area contributed by atoms with Gasteiger partial charge in [-0.15, -0.1) is 24.0 Å². The summed E-state index contributed by atoms with van der Waals surface area (Å²) in [6, 6.07) is 10.9. The van der Waals surface area contributed by atoms with E-state index in [1.54, 1.807) is 0 Å². The van der Waals surface area contributed by atoms with Crippen LogP contribution in [0.5, 0.6) is 0 Å². The number of hydrogen-bond donors (Lipinski definition) is 1. The number of ether oxygens (including phenoxy) is 2. The molecule has 2 aliphatic rings. The molecule has 0 atom stereocenters. The third kappa shape index (κ3) is 6.32. The van der Waals surface area contributed by atoms with Gasteiger partial charge >= 0.3 is 0 Å². The quantitative estimate of drug-likeness (QED) is 0.367. The van der Waals surface area contributed by atoms with Gasteiger partial charge in [-0.1, -0.05) is 30.3 Å². The van der Waals surface area contributed by atoms with Gasteiger partial charge in [0.05, 0.1) is 0 Å². The van der Waals surface area contributed by atoms with E-state index >= 15 is 0 Å². The van der Waals surface area contributed by atoms with Crippen LogP contribution < -0.4 is 5.32 Å². The fraction of sp³-hybridized carbons (Fsp3) is 0.682. The number of rotatable bonds is 6. The predicted octanol–water partition coefficient (Wildman–Crippen LogP) is 3.68. The summed E-state index contributed by atoms with van der Waals surface area (Å²) in [5.41, 5.74) is 1.53. The number of halogens is 1. The molecule has 28 heavy (non-hydrogen) atoms. The number of guanidine groups is 1. The van der Waals surface area contributed by atoms with Crippen molar-refractivity contribution in [2.24, 2.45) is 10.9 Å². The zero-order valence-electron chi connectivity index (χ0n) is 17.4. The summed E-state index contributed by atoms with van der Waals surface area (Å²) in [5.74, 6) is 1.77. The molecule has 2 saturated heterocycles. The Bertz CT molecular complexity index is 585. The van der Waals surface area contributed by atoms with E-state index in [9.17, 15) is 0 Å². The largest absolute Gasteiger partial charge is 0.381 e. The summed E-state index contributed by atoms with van der Waals surface area (Å²) in [7, 11) is 4.03. The summed E-state index contributed by atoms with van der Waals surface area (Å²) >= 11 is 0. The lowest BCUT2D eigenvalue weighted by molar-refractivity contribution is 0.0511. The first kappa shape index (κ1) is 23.4. The van der Waals surface area contributed by atoms with Crippen molar-refractivity contribution < 1.29 is 9.47 Å². The highest BCUT2D eigenvalue weighted by Crippen LogP contribution is 2.34. The Morgan fingerprint density at radius 3 is 2.39 bits per heavy atom. The van der Waals surface area contributed by atoms with Gasteiger partial charge < -0.3 is 19.7 Å². The van der Waals surface area contributed by atoms with Crippen LogP contribution in [0, 0.1) is 5.92 Å². The van der Waals surface area contributed by atoms with E-state index in [-0.39, 0.29) is 29.4 Å². The molecule has 2 heterocycles. The third-order valence-corrected chi connectivity index (χ3v) is 6.21. The van der Waals surface area contributed by atoms with E-state index in [0.29, 0.717) is 0 Å². The Morgan fingerprint density at radius 1 is 1.11 bits per heavy atom. The maximum Gasteiger partial charge on any atom is 0.193 e. The molecule has 0 radical (unpaired) electrons. The summed E-state index contributed by atoms with van der Waals surface area (Å²) < 4.78 is 11.1. The van der Waals surface area contributed by atoms with Gasteiger partial charge in [-0.2, -0.15) is 0 Å². The fourth-order valence-corrected chi connectivity index (χ4v) is 4.27. The second kappa shape index (κ2) is 12.0. The van der Waals surface area contributed by atoms with Gasteiger partial charge in [0.25, 0.3) is 0 Å². The van der Waals surface area contributed by atoms with Crippen molar-refractivity contribution >= 4 is 29.9 Å². The zero-order valence-corrected chi connectivity index (χ0v) is 19.7. The number of benzene rings is 1. The molecule has 1 N–H and O–H groups in total. The maximum absolute atomic E-state index is 5.65. The van der Waals surface area contributed by atoms with Crippen LogP contribution in [0.2, 0.25) is 0 Å². The van der Waals surface area contributed by atoms with Crippen LogP contribution >= 0.6 is 24.0 Å². The molecular formula is C22H36IN3O2. The van der Waals surface area contributed by atoms with Crippen LogP contribution in [0.1, 0.15) is 37.7 Å². The highest BCUT2D eigenvalue weighted by atomic mass is 127. The molecular weight excluding hydrogens is 465 g/mol. The summed E-state index contributed by atoms with van der Waals surface area (Å²) in [5, 5.41) is 3.66. The first-order valence-corrected chi connectivity index (χ1v) is 10.4. The van der Waals surface area contributed by atoms with Crippen molar-refractivity contribution in [3.63, 3.8) is 0 Å². The lowest BCUT2D eigenvalue weighted by Crippen LogP contribution is -2.48. The Hall–Kier alpha value is -0.860.